The Morgan fingerprint density at radius 2 is 2.11 bits per heavy atom. The van der Waals surface area contributed by atoms with Crippen molar-refractivity contribution < 1.29 is 24.1 Å². The van der Waals surface area contributed by atoms with Gasteiger partial charge in [-0.1, -0.05) is 26.8 Å². The van der Waals surface area contributed by atoms with Crippen LogP contribution >= 0.6 is 11.6 Å². The molecule has 2 bridgehead atoms. The summed E-state index contributed by atoms with van der Waals surface area (Å²) < 4.78 is 17.8. The first-order valence-electron chi connectivity index (χ1n) is 9.89. The minimum absolute atomic E-state index is 0.0212. The number of hydrogen-bond donors (Lipinski definition) is 1. The lowest BCUT2D eigenvalue weighted by Crippen LogP contribution is -2.78. The highest BCUT2D eigenvalue weighted by Gasteiger charge is 2.74. The van der Waals surface area contributed by atoms with Crippen LogP contribution in [0.25, 0.3) is 0 Å². The number of aliphatic hydroxyl groups is 1. The van der Waals surface area contributed by atoms with Crippen molar-refractivity contribution in [2.24, 2.45) is 17.3 Å². The Balaban J connectivity index is 1.66. The van der Waals surface area contributed by atoms with E-state index < -0.39 is 22.7 Å². The van der Waals surface area contributed by atoms with Crippen molar-refractivity contribution in [2.45, 2.75) is 68.8 Å². The summed E-state index contributed by atoms with van der Waals surface area (Å²) in [5.41, 5.74) is 1.12. The first-order chi connectivity index (χ1) is 12.7. The van der Waals surface area contributed by atoms with Gasteiger partial charge in [-0.3, -0.25) is 0 Å². The number of rotatable bonds is 2. The quantitative estimate of drug-likeness (QED) is 0.443. The van der Waals surface area contributed by atoms with Gasteiger partial charge in [-0.15, -0.1) is 11.6 Å². The lowest BCUT2D eigenvalue weighted by molar-refractivity contribution is -0.323. The molecule has 6 rings (SSSR count). The average molecular weight is 395 g/mol. The van der Waals surface area contributed by atoms with Crippen LogP contribution in [0.5, 0.6) is 0 Å². The average Bonchev–Trinajstić information content (AvgIpc) is 2.95. The summed E-state index contributed by atoms with van der Waals surface area (Å²) in [6.45, 7) is 6.58. The van der Waals surface area contributed by atoms with Gasteiger partial charge in [0, 0.05) is 30.4 Å². The van der Waals surface area contributed by atoms with Crippen LogP contribution in [-0.2, 0) is 19.0 Å². The molecule has 3 fully saturated rings. The summed E-state index contributed by atoms with van der Waals surface area (Å²) in [6.07, 6.45) is 3.90. The predicted octanol–water partition coefficient (Wildman–Crippen LogP) is 2.75. The zero-order chi connectivity index (χ0) is 19.4. The van der Waals surface area contributed by atoms with Gasteiger partial charge < -0.3 is 19.3 Å². The molecule has 6 heteroatoms. The fourth-order valence-corrected chi connectivity index (χ4v) is 7.18. The number of hydrogen-bond acceptors (Lipinski definition) is 5. The lowest BCUT2D eigenvalue weighted by Gasteiger charge is -2.70. The van der Waals surface area contributed by atoms with Gasteiger partial charge in [-0.25, -0.2) is 4.79 Å². The van der Waals surface area contributed by atoms with Gasteiger partial charge in [-0.05, 0) is 29.9 Å². The maximum absolute atomic E-state index is 12.1. The van der Waals surface area contributed by atoms with E-state index in [9.17, 15) is 9.90 Å². The molecule has 6 aliphatic rings. The second kappa shape index (κ2) is 5.38. The molecule has 0 amide bonds. The van der Waals surface area contributed by atoms with Crippen LogP contribution in [0.15, 0.2) is 22.8 Å². The molecule has 148 valence electrons. The Bertz CT molecular complexity index is 779. The van der Waals surface area contributed by atoms with E-state index in [0.717, 1.165) is 36.0 Å². The van der Waals surface area contributed by atoms with E-state index in [1.54, 1.807) is 7.11 Å². The zero-order valence-electron chi connectivity index (χ0n) is 16.3. The van der Waals surface area contributed by atoms with Crippen molar-refractivity contribution in [3.05, 3.63) is 22.8 Å². The summed E-state index contributed by atoms with van der Waals surface area (Å²) in [5.74, 6) is -0.112. The number of esters is 1. The van der Waals surface area contributed by atoms with Gasteiger partial charge in [0.1, 0.15) is 23.9 Å². The molecule has 0 aromatic carbocycles. The van der Waals surface area contributed by atoms with Gasteiger partial charge in [-0.2, -0.15) is 0 Å². The highest BCUT2D eigenvalue weighted by molar-refractivity contribution is 6.23. The van der Waals surface area contributed by atoms with Gasteiger partial charge in [0.15, 0.2) is 0 Å². The Morgan fingerprint density at radius 1 is 1.41 bits per heavy atom. The smallest absolute Gasteiger partial charge is 0.334 e. The third kappa shape index (κ3) is 1.90. The van der Waals surface area contributed by atoms with E-state index in [0.29, 0.717) is 6.61 Å². The van der Waals surface area contributed by atoms with Gasteiger partial charge in [0.05, 0.1) is 11.5 Å². The fraction of sp³-hybridized carbons (Fsp3) is 0.762. The molecule has 3 aliphatic carbocycles. The Morgan fingerprint density at radius 3 is 2.74 bits per heavy atom. The molecule has 2 saturated heterocycles. The van der Waals surface area contributed by atoms with Crippen LogP contribution in [-0.4, -0.2) is 53.6 Å². The molecule has 5 nitrogen and oxygen atoms in total. The Labute approximate surface area is 164 Å². The number of halogens is 1. The van der Waals surface area contributed by atoms with E-state index in [1.807, 2.05) is 19.9 Å². The Kier molecular flexibility index (Phi) is 3.62. The molecule has 0 aromatic heterocycles. The van der Waals surface area contributed by atoms with E-state index in [4.69, 9.17) is 25.8 Å². The largest absolute Gasteiger partial charge is 0.458 e. The van der Waals surface area contributed by atoms with Crippen LogP contribution < -0.4 is 0 Å². The minimum Gasteiger partial charge on any atom is -0.458 e. The van der Waals surface area contributed by atoms with Crippen molar-refractivity contribution in [3.63, 3.8) is 0 Å². The monoisotopic (exact) mass is 394 g/mol. The van der Waals surface area contributed by atoms with Crippen molar-refractivity contribution in [1.82, 2.24) is 0 Å². The molecule has 1 spiro atoms. The Hall–Kier alpha value is -0.880. The number of carbonyl (C=O) groups is 1. The molecule has 3 heterocycles. The zero-order valence-corrected chi connectivity index (χ0v) is 17.0. The van der Waals surface area contributed by atoms with E-state index in [1.165, 1.54) is 0 Å². The highest BCUT2D eigenvalue weighted by atomic mass is 35.5. The van der Waals surface area contributed by atoms with Gasteiger partial charge in [0.25, 0.3) is 0 Å². The topological polar surface area (TPSA) is 65.0 Å². The standard InChI is InChI=1S/C21H27ClO5/c1-10(2)21(24)15(22)7-14-19(3)6-5-11-12(9-26-17(11)23)16(19)13-8-20(14,27-13)18(21)25-4/h7,10,13,15-16,18,24H,5-6,8-9H2,1-4H3. The number of ether oxygens (including phenoxy) is 3. The normalized spacial score (nSPS) is 50.5. The highest BCUT2D eigenvalue weighted by Crippen LogP contribution is 2.69. The van der Waals surface area contributed by atoms with Gasteiger partial charge in [0.2, 0.25) is 0 Å². The number of alkyl halides is 1. The first-order valence-corrected chi connectivity index (χ1v) is 10.3. The molecule has 7 atom stereocenters. The third-order valence-corrected chi connectivity index (χ3v) is 8.49. The summed E-state index contributed by atoms with van der Waals surface area (Å²) in [4.78, 5) is 12.1. The predicted molar refractivity (Wildman–Crippen MR) is 99.3 cm³/mol. The molecule has 0 aromatic rings. The molecular weight excluding hydrogens is 368 g/mol. The van der Waals surface area contributed by atoms with Crippen LogP contribution in [0.2, 0.25) is 0 Å². The second-order valence-corrected chi connectivity index (χ2v) is 9.84. The molecule has 1 saturated carbocycles. The SMILES string of the molecule is COC1C23CC(O2)C2C4=C(CCC2(C)C3=CC(Cl)C1(O)C(C)C)C(=O)OC4. The summed E-state index contributed by atoms with van der Waals surface area (Å²) in [7, 11) is 1.63. The van der Waals surface area contributed by atoms with Gasteiger partial charge >= 0.3 is 5.97 Å². The van der Waals surface area contributed by atoms with Crippen LogP contribution in [0.4, 0.5) is 0 Å². The van der Waals surface area contributed by atoms with Crippen LogP contribution in [0.3, 0.4) is 0 Å². The molecule has 7 unspecified atom stereocenters. The summed E-state index contributed by atoms with van der Waals surface area (Å²) in [6, 6.07) is 0. The van der Waals surface area contributed by atoms with Crippen molar-refractivity contribution in [2.75, 3.05) is 13.7 Å². The molecule has 3 aliphatic heterocycles. The van der Waals surface area contributed by atoms with E-state index >= 15 is 0 Å². The van der Waals surface area contributed by atoms with Crippen molar-refractivity contribution >= 4 is 17.6 Å². The molecule has 27 heavy (non-hydrogen) atoms. The van der Waals surface area contributed by atoms with E-state index in [-0.39, 0.29) is 29.3 Å². The van der Waals surface area contributed by atoms with Crippen LogP contribution in [0.1, 0.15) is 40.0 Å². The van der Waals surface area contributed by atoms with Crippen molar-refractivity contribution in [1.29, 1.82) is 0 Å². The molecule has 0 radical (unpaired) electrons. The fourth-order valence-electron chi connectivity index (χ4n) is 6.69. The molecule has 1 N–H and O–H groups in total. The number of cyclic esters (lactones) is 1. The summed E-state index contributed by atoms with van der Waals surface area (Å²) >= 11 is 6.77. The summed E-state index contributed by atoms with van der Waals surface area (Å²) in [5, 5.41) is 11.0. The van der Waals surface area contributed by atoms with Crippen LogP contribution in [0, 0.1) is 17.3 Å². The molecular formula is C21H27ClO5. The lowest BCUT2D eigenvalue weighted by atomic mass is 9.45. The van der Waals surface area contributed by atoms with E-state index in [2.05, 4.69) is 6.92 Å². The van der Waals surface area contributed by atoms with Crippen molar-refractivity contribution in [3.8, 4) is 0 Å². The maximum Gasteiger partial charge on any atom is 0.334 e. The first kappa shape index (κ1) is 18.2. The number of carbonyl (C=O) groups excluding carboxylic acids is 1. The third-order valence-electron chi connectivity index (χ3n) is 8.02. The second-order valence-electron chi connectivity index (χ2n) is 9.36. The number of methoxy groups -OCH3 is 1. The minimum atomic E-state index is -1.19. The maximum atomic E-state index is 12.1.